The van der Waals surface area contributed by atoms with Gasteiger partial charge in [0.25, 0.3) is 0 Å². The van der Waals surface area contributed by atoms with E-state index in [-0.39, 0.29) is 12.6 Å². The number of rotatable bonds is 2. The molecule has 0 bridgehead atoms. The lowest BCUT2D eigenvalue weighted by Gasteiger charge is -2.39. The maximum absolute atomic E-state index is 12.3. The van der Waals surface area contributed by atoms with E-state index >= 15 is 0 Å². The number of carbonyl (C=O) groups excluding carboxylic acids is 1. The standard InChI is InChI=1S/C11H20N2O4S/c1-11(2,3)13(8-9(14)15)10(16)12-4-6-18(17)7-5-12/h4-8H2,1-3H3,(H,14,15). The fourth-order valence-electron chi connectivity index (χ4n) is 1.73. The number of hydrogen-bond acceptors (Lipinski definition) is 3. The zero-order valence-corrected chi connectivity index (χ0v) is 11.8. The van der Waals surface area contributed by atoms with Gasteiger partial charge in [-0.3, -0.25) is 9.00 Å². The highest BCUT2D eigenvalue weighted by atomic mass is 32.2. The molecule has 1 N–H and O–H groups in total. The number of carbonyl (C=O) groups is 2. The molecule has 1 saturated heterocycles. The van der Waals surface area contributed by atoms with Crippen molar-refractivity contribution in [1.82, 2.24) is 9.80 Å². The maximum Gasteiger partial charge on any atom is 0.323 e. The third-order valence-electron chi connectivity index (χ3n) is 2.78. The summed E-state index contributed by atoms with van der Waals surface area (Å²) in [5.41, 5.74) is -0.550. The molecule has 6 nitrogen and oxygen atoms in total. The monoisotopic (exact) mass is 276 g/mol. The maximum atomic E-state index is 12.3. The Balaban J connectivity index is 2.76. The van der Waals surface area contributed by atoms with Gasteiger partial charge in [-0.15, -0.1) is 0 Å². The summed E-state index contributed by atoms with van der Waals surface area (Å²) in [6.45, 7) is 5.94. The molecule has 104 valence electrons. The first-order valence-electron chi connectivity index (χ1n) is 5.85. The summed E-state index contributed by atoms with van der Waals surface area (Å²) in [5, 5.41) is 8.88. The second-order valence-corrected chi connectivity index (χ2v) is 6.96. The summed E-state index contributed by atoms with van der Waals surface area (Å²) in [4.78, 5) is 26.0. The van der Waals surface area contributed by atoms with Gasteiger partial charge in [-0.05, 0) is 20.8 Å². The quantitative estimate of drug-likeness (QED) is 0.789. The molecule has 1 aliphatic heterocycles. The number of carboxylic acid groups (broad SMARTS) is 1. The molecule has 0 spiro atoms. The van der Waals surface area contributed by atoms with Crippen LogP contribution in [0.15, 0.2) is 0 Å². The zero-order valence-electron chi connectivity index (χ0n) is 11.0. The smallest absolute Gasteiger partial charge is 0.323 e. The lowest BCUT2D eigenvalue weighted by Crippen LogP contribution is -2.56. The van der Waals surface area contributed by atoms with Crippen LogP contribution in [-0.2, 0) is 15.6 Å². The summed E-state index contributed by atoms with van der Waals surface area (Å²) in [6.07, 6.45) is 0. The highest BCUT2D eigenvalue weighted by molar-refractivity contribution is 7.85. The molecular formula is C11H20N2O4S. The Bertz CT molecular complexity index is 355. The Labute approximate surface area is 109 Å². The molecule has 0 unspecified atom stereocenters. The van der Waals surface area contributed by atoms with Crippen molar-refractivity contribution in [3.05, 3.63) is 0 Å². The Morgan fingerprint density at radius 2 is 1.78 bits per heavy atom. The number of hydrogen-bond donors (Lipinski definition) is 1. The lowest BCUT2D eigenvalue weighted by molar-refractivity contribution is -0.138. The zero-order chi connectivity index (χ0) is 13.9. The predicted molar refractivity (Wildman–Crippen MR) is 68.9 cm³/mol. The van der Waals surface area contributed by atoms with Gasteiger partial charge in [0.2, 0.25) is 0 Å². The van der Waals surface area contributed by atoms with Crippen molar-refractivity contribution < 1.29 is 18.9 Å². The Hall–Kier alpha value is -1.11. The molecule has 0 aromatic rings. The minimum atomic E-state index is -1.03. The highest BCUT2D eigenvalue weighted by Gasteiger charge is 2.32. The number of carboxylic acids is 1. The van der Waals surface area contributed by atoms with Gasteiger partial charge >= 0.3 is 12.0 Å². The molecule has 1 aliphatic rings. The van der Waals surface area contributed by atoms with Crippen LogP contribution in [0.2, 0.25) is 0 Å². The molecule has 1 rings (SSSR count). The molecule has 1 heterocycles. The second kappa shape index (κ2) is 5.69. The Morgan fingerprint density at radius 3 is 2.17 bits per heavy atom. The van der Waals surface area contributed by atoms with Crippen LogP contribution in [0.5, 0.6) is 0 Å². The van der Waals surface area contributed by atoms with E-state index in [1.807, 2.05) is 0 Å². The van der Waals surface area contributed by atoms with Crippen molar-refractivity contribution in [1.29, 1.82) is 0 Å². The fraction of sp³-hybridized carbons (Fsp3) is 0.818. The minimum absolute atomic E-state index is 0.290. The van der Waals surface area contributed by atoms with Gasteiger partial charge in [-0.2, -0.15) is 0 Å². The van der Waals surface area contributed by atoms with Crippen molar-refractivity contribution in [3.8, 4) is 0 Å². The van der Waals surface area contributed by atoms with Crippen LogP contribution in [-0.4, -0.2) is 67.8 Å². The van der Waals surface area contributed by atoms with Gasteiger partial charge in [0.1, 0.15) is 6.54 Å². The number of aliphatic carboxylic acids is 1. The first-order valence-corrected chi connectivity index (χ1v) is 7.34. The minimum Gasteiger partial charge on any atom is -0.480 e. The third-order valence-corrected chi connectivity index (χ3v) is 4.06. The van der Waals surface area contributed by atoms with Crippen molar-refractivity contribution in [2.75, 3.05) is 31.1 Å². The third kappa shape index (κ3) is 3.97. The topological polar surface area (TPSA) is 77.9 Å². The molecule has 0 radical (unpaired) electrons. The van der Waals surface area contributed by atoms with Crippen molar-refractivity contribution in [3.63, 3.8) is 0 Å². The normalized spacial score (nSPS) is 17.6. The van der Waals surface area contributed by atoms with Gasteiger partial charge in [0.15, 0.2) is 0 Å². The number of amides is 2. The van der Waals surface area contributed by atoms with Crippen LogP contribution in [0, 0.1) is 0 Å². The first-order chi connectivity index (χ1) is 8.21. The van der Waals surface area contributed by atoms with Crippen LogP contribution in [0.1, 0.15) is 20.8 Å². The van der Waals surface area contributed by atoms with Crippen LogP contribution in [0.3, 0.4) is 0 Å². The van der Waals surface area contributed by atoms with Gasteiger partial charge in [-0.1, -0.05) is 0 Å². The molecule has 0 aliphatic carbocycles. The van der Waals surface area contributed by atoms with Crippen LogP contribution in [0.4, 0.5) is 4.79 Å². The molecule has 1 fully saturated rings. The SMILES string of the molecule is CC(C)(C)N(CC(=O)O)C(=O)N1CCS(=O)CC1. The van der Waals surface area contributed by atoms with Crippen molar-refractivity contribution >= 4 is 22.8 Å². The summed E-state index contributed by atoms with van der Waals surface area (Å²) in [7, 11) is -0.851. The first kappa shape index (κ1) is 14.9. The fourth-order valence-corrected chi connectivity index (χ4v) is 2.78. The Morgan fingerprint density at radius 1 is 1.28 bits per heavy atom. The molecule has 0 atom stereocenters. The van der Waals surface area contributed by atoms with Crippen LogP contribution >= 0.6 is 0 Å². The van der Waals surface area contributed by atoms with Crippen molar-refractivity contribution in [2.24, 2.45) is 0 Å². The summed E-state index contributed by atoms with van der Waals surface area (Å²) in [6, 6.07) is -0.290. The van der Waals surface area contributed by atoms with E-state index in [1.165, 1.54) is 4.90 Å². The van der Waals surface area contributed by atoms with E-state index in [2.05, 4.69) is 0 Å². The van der Waals surface area contributed by atoms with Gasteiger partial charge in [0, 0.05) is 40.9 Å². The molecule has 2 amide bonds. The molecule has 0 aromatic carbocycles. The number of urea groups is 1. The molecular weight excluding hydrogens is 256 g/mol. The van der Waals surface area contributed by atoms with Gasteiger partial charge in [-0.25, -0.2) is 4.79 Å². The molecule has 0 aromatic heterocycles. The van der Waals surface area contributed by atoms with E-state index in [0.29, 0.717) is 24.6 Å². The highest BCUT2D eigenvalue weighted by Crippen LogP contribution is 2.16. The average Bonchev–Trinajstić information content (AvgIpc) is 2.24. The lowest BCUT2D eigenvalue weighted by atomic mass is 10.1. The summed E-state index contributed by atoms with van der Waals surface area (Å²) in [5.74, 6) is -0.0907. The van der Waals surface area contributed by atoms with E-state index in [4.69, 9.17) is 5.11 Å². The average molecular weight is 276 g/mol. The van der Waals surface area contributed by atoms with E-state index < -0.39 is 22.3 Å². The van der Waals surface area contributed by atoms with Crippen LogP contribution in [0.25, 0.3) is 0 Å². The predicted octanol–water partition coefficient (Wildman–Crippen LogP) is 0.356. The number of nitrogens with zero attached hydrogens (tertiary/aromatic N) is 2. The van der Waals surface area contributed by atoms with Gasteiger partial charge in [0.05, 0.1) is 0 Å². The molecule has 0 saturated carbocycles. The largest absolute Gasteiger partial charge is 0.480 e. The van der Waals surface area contributed by atoms with Crippen LogP contribution < -0.4 is 0 Å². The van der Waals surface area contributed by atoms with Crippen molar-refractivity contribution in [2.45, 2.75) is 26.3 Å². The molecule has 18 heavy (non-hydrogen) atoms. The van der Waals surface area contributed by atoms with E-state index in [9.17, 15) is 13.8 Å². The van der Waals surface area contributed by atoms with E-state index in [0.717, 1.165) is 0 Å². The Kier molecular flexibility index (Phi) is 4.72. The van der Waals surface area contributed by atoms with Gasteiger partial charge < -0.3 is 14.9 Å². The molecule has 7 heteroatoms. The summed E-state index contributed by atoms with van der Waals surface area (Å²) < 4.78 is 11.2. The van der Waals surface area contributed by atoms with E-state index in [1.54, 1.807) is 25.7 Å². The summed E-state index contributed by atoms with van der Waals surface area (Å²) >= 11 is 0. The second-order valence-electron chi connectivity index (χ2n) is 5.27.